The van der Waals surface area contributed by atoms with Crippen molar-refractivity contribution < 1.29 is 14.3 Å². The first kappa shape index (κ1) is 20.4. The van der Waals surface area contributed by atoms with E-state index < -0.39 is 6.10 Å². The number of para-hydroxylation sites is 1. The fraction of sp³-hybridized carbons (Fsp3) is 0.333. The van der Waals surface area contributed by atoms with E-state index in [9.17, 15) is 4.79 Å². The first-order valence-corrected chi connectivity index (χ1v) is 11.3. The van der Waals surface area contributed by atoms with E-state index in [4.69, 9.17) is 9.47 Å². The first-order valence-electron chi connectivity index (χ1n) is 10.4. The maximum absolute atomic E-state index is 13.0. The Kier molecular flexibility index (Phi) is 6.33. The molecule has 3 aromatic rings. The molecule has 0 saturated heterocycles. The lowest BCUT2D eigenvalue weighted by atomic mass is 10.1. The molecule has 2 heterocycles. The summed E-state index contributed by atoms with van der Waals surface area (Å²) in [4.78, 5) is 19.5. The number of benzene rings is 2. The molecule has 1 unspecified atom stereocenters. The van der Waals surface area contributed by atoms with Gasteiger partial charge in [-0.1, -0.05) is 25.1 Å². The summed E-state index contributed by atoms with van der Waals surface area (Å²) < 4.78 is 11.7. The molecule has 1 atom stereocenters. The van der Waals surface area contributed by atoms with Crippen LogP contribution in [0.4, 0.5) is 5.69 Å². The lowest BCUT2D eigenvalue weighted by molar-refractivity contribution is -0.126. The van der Waals surface area contributed by atoms with Crippen molar-refractivity contribution in [1.29, 1.82) is 0 Å². The minimum Gasteiger partial charge on any atom is -0.494 e. The summed E-state index contributed by atoms with van der Waals surface area (Å²) in [5.74, 6) is 1.66. The number of thiazole rings is 1. The van der Waals surface area contributed by atoms with Crippen molar-refractivity contribution in [3.05, 3.63) is 58.9 Å². The second-order valence-corrected chi connectivity index (χ2v) is 8.37. The van der Waals surface area contributed by atoms with Gasteiger partial charge in [0.15, 0.2) is 6.10 Å². The third kappa shape index (κ3) is 4.49. The zero-order valence-electron chi connectivity index (χ0n) is 17.3. The summed E-state index contributed by atoms with van der Waals surface area (Å²) in [7, 11) is 0. The Morgan fingerprint density at radius 2 is 2.00 bits per heavy atom. The Labute approximate surface area is 181 Å². The molecule has 1 amide bonds. The molecule has 5 nitrogen and oxygen atoms in total. The fourth-order valence-corrected chi connectivity index (χ4v) is 4.17. The summed E-state index contributed by atoms with van der Waals surface area (Å²) >= 11 is 1.62. The predicted molar refractivity (Wildman–Crippen MR) is 121 cm³/mol. The van der Waals surface area contributed by atoms with Crippen molar-refractivity contribution >= 4 is 22.9 Å². The lowest BCUT2D eigenvalue weighted by Crippen LogP contribution is -2.46. The SMILES string of the molecule is CCC1Oc2ccc(-c3csc(C)n3)cc2N(CCCCOc2ccccc2)C1=O. The number of anilines is 1. The van der Waals surface area contributed by atoms with Gasteiger partial charge in [-0.2, -0.15) is 0 Å². The van der Waals surface area contributed by atoms with E-state index in [2.05, 4.69) is 4.98 Å². The van der Waals surface area contributed by atoms with E-state index in [0.29, 0.717) is 19.6 Å². The second kappa shape index (κ2) is 9.30. The number of carbonyl (C=O) groups excluding carboxylic acids is 1. The average molecular weight is 423 g/mol. The van der Waals surface area contributed by atoms with Crippen LogP contribution in [0.3, 0.4) is 0 Å². The highest BCUT2D eigenvalue weighted by atomic mass is 32.1. The van der Waals surface area contributed by atoms with Crippen LogP contribution in [0.1, 0.15) is 31.2 Å². The number of nitrogens with zero attached hydrogens (tertiary/aromatic N) is 2. The maximum Gasteiger partial charge on any atom is 0.268 e. The highest BCUT2D eigenvalue weighted by Crippen LogP contribution is 2.38. The molecular weight excluding hydrogens is 396 g/mol. The number of aromatic nitrogens is 1. The summed E-state index contributed by atoms with van der Waals surface area (Å²) in [6.07, 6.45) is 1.95. The Bertz CT molecular complexity index is 1000. The number of amides is 1. The van der Waals surface area contributed by atoms with E-state index in [1.165, 1.54) is 0 Å². The van der Waals surface area contributed by atoms with Crippen molar-refractivity contribution in [3.63, 3.8) is 0 Å². The minimum atomic E-state index is -0.426. The molecule has 156 valence electrons. The third-order valence-corrected chi connectivity index (χ3v) is 5.91. The van der Waals surface area contributed by atoms with Crippen molar-refractivity contribution in [1.82, 2.24) is 4.98 Å². The van der Waals surface area contributed by atoms with Gasteiger partial charge in [-0.05, 0) is 56.5 Å². The van der Waals surface area contributed by atoms with Gasteiger partial charge in [-0.3, -0.25) is 4.79 Å². The average Bonchev–Trinajstić information content (AvgIpc) is 3.21. The number of carbonyl (C=O) groups is 1. The quantitative estimate of drug-likeness (QED) is 0.451. The first-order chi connectivity index (χ1) is 14.7. The normalized spacial score (nSPS) is 15.6. The molecule has 1 aromatic heterocycles. The standard InChI is InChI=1S/C24H26N2O3S/c1-3-22-24(27)26(13-7-8-14-28-19-9-5-4-6-10-19)21-15-18(11-12-23(21)29-22)20-16-30-17(2)25-20/h4-6,9-12,15-16,22H,3,7-8,13-14H2,1-2H3. The van der Waals surface area contributed by atoms with E-state index in [-0.39, 0.29) is 5.91 Å². The molecule has 0 radical (unpaired) electrons. The molecular formula is C24H26N2O3S. The van der Waals surface area contributed by atoms with Crippen LogP contribution in [0.2, 0.25) is 0 Å². The van der Waals surface area contributed by atoms with Crippen LogP contribution in [-0.4, -0.2) is 30.1 Å². The predicted octanol–water partition coefficient (Wildman–Crippen LogP) is 5.48. The Hall–Kier alpha value is -2.86. The summed E-state index contributed by atoms with van der Waals surface area (Å²) in [5, 5.41) is 3.07. The monoisotopic (exact) mass is 422 g/mol. The van der Waals surface area contributed by atoms with Gasteiger partial charge in [0.05, 0.1) is 23.0 Å². The van der Waals surface area contributed by atoms with Gasteiger partial charge in [0, 0.05) is 17.5 Å². The van der Waals surface area contributed by atoms with E-state index in [1.54, 1.807) is 11.3 Å². The van der Waals surface area contributed by atoms with E-state index in [0.717, 1.165) is 46.3 Å². The molecule has 2 aromatic carbocycles. The van der Waals surface area contributed by atoms with Gasteiger partial charge in [-0.25, -0.2) is 4.98 Å². The number of fused-ring (bicyclic) bond motifs is 1. The highest BCUT2D eigenvalue weighted by molar-refractivity contribution is 7.09. The van der Waals surface area contributed by atoms with Crippen LogP contribution in [0.25, 0.3) is 11.3 Å². The van der Waals surface area contributed by atoms with Gasteiger partial charge in [0.2, 0.25) is 0 Å². The molecule has 0 spiro atoms. The molecule has 30 heavy (non-hydrogen) atoms. The summed E-state index contributed by atoms with van der Waals surface area (Å²) in [5.41, 5.74) is 2.76. The van der Waals surface area contributed by atoms with Crippen molar-refractivity contribution in [2.45, 2.75) is 39.2 Å². The number of hydrogen-bond donors (Lipinski definition) is 0. The topological polar surface area (TPSA) is 51.7 Å². The van der Waals surface area contributed by atoms with Gasteiger partial charge >= 0.3 is 0 Å². The van der Waals surface area contributed by atoms with Crippen LogP contribution in [0, 0.1) is 6.92 Å². The van der Waals surface area contributed by atoms with Crippen molar-refractivity contribution in [3.8, 4) is 22.8 Å². The van der Waals surface area contributed by atoms with Gasteiger partial charge in [-0.15, -0.1) is 11.3 Å². The second-order valence-electron chi connectivity index (χ2n) is 7.31. The molecule has 1 aliphatic heterocycles. The molecule has 0 saturated carbocycles. The Morgan fingerprint density at radius 3 is 2.73 bits per heavy atom. The largest absolute Gasteiger partial charge is 0.494 e. The van der Waals surface area contributed by atoms with Crippen LogP contribution in [0.15, 0.2) is 53.9 Å². The molecule has 6 heteroatoms. The van der Waals surface area contributed by atoms with Gasteiger partial charge in [0.25, 0.3) is 5.91 Å². The zero-order chi connectivity index (χ0) is 20.9. The van der Waals surface area contributed by atoms with Crippen LogP contribution < -0.4 is 14.4 Å². The summed E-state index contributed by atoms with van der Waals surface area (Å²) in [6.45, 7) is 5.24. The molecule has 0 aliphatic carbocycles. The van der Waals surface area contributed by atoms with Gasteiger partial charge in [0.1, 0.15) is 11.5 Å². The maximum atomic E-state index is 13.0. The van der Waals surface area contributed by atoms with Crippen molar-refractivity contribution in [2.75, 3.05) is 18.1 Å². The number of rotatable bonds is 8. The Morgan fingerprint density at radius 1 is 1.17 bits per heavy atom. The third-order valence-electron chi connectivity index (χ3n) is 5.13. The minimum absolute atomic E-state index is 0.0283. The molecule has 0 fully saturated rings. The van der Waals surface area contributed by atoms with E-state index in [1.807, 2.05) is 72.7 Å². The van der Waals surface area contributed by atoms with Crippen LogP contribution in [-0.2, 0) is 4.79 Å². The highest BCUT2D eigenvalue weighted by Gasteiger charge is 2.33. The zero-order valence-corrected chi connectivity index (χ0v) is 18.2. The smallest absolute Gasteiger partial charge is 0.268 e. The fourth-order valence-electron chi connectivity index (χ4n) is 3.55. The molecule has 1 aliphatic rings. The van der Waals surface area contributed by atoms with Gasteiger partial charge < -0.3 is 14.4 Å². The molecule has 0 bridgehead atoms. The summed E-state index contributed by atoms with van der Waals surface area (Å²) in [6, 6.07) is 15.8. The molecule has 0 N–H and O–H groups in total. The van der Waals surface area contributed by atoms with Crippen molar-refractivity contribution in [2.24, 2.45) is 0 Å². The van der Waals surface area contributed by atoms with E-state index >= 15 is 0 Å². The number of aryl methyl sites for hydroxylation is 1. The lowest BCUT2D eigenvalue weighted by Gasteiger charge is -2.34. The molecule has 4 rings (SSSR count). The number of hydrogen-bond acceptors (Lipinski definition) is 5. The number of ether oxygens (including phenoxy) is 2. The number of unbranched alkanes of at least 4 members (excludes halogenated alkanes) is 1. The van der Waals surface area contributed by atoms with Crippen LogP contribution >= 0.6 is 11.3 Å². The van der Waals surface area contributed by atoms with Crippen LogP contribution in [0.5, 0.6) is 11.5 Å². The Balaban J connectivity index is 1.46.